The molecule has 1 aromatic rings. The molecule has 0 atom stereocenters. The van der Waals surface area contributed by atoms with Gasteiger partial charge < -0.3 is 10.2 Å². The minimum atomic E-state index is 0.0930. The molecule has 0 aromatic heterocycles. The number of thioether (sulfide) groups is 1. The first-order chi connectivity index (χ1) is 10.3. The Hall–Kier alpha value is -1.20. The molecule has 21 heavy (non-hydrogen) atoms. The molecule has 0 aliphatic carbocycles. The van der Waals surface area contributed by atoms with Gasteiger partial charge in [0.05, 0.1) is 0 Å². The molecule has 1 aliphatic rings. The summed E-state index contributed by atoms with van der Waals surface area (Å²) in [5, 5.41) is 3.01. The third-order valence-corrected chi connectivity index (χ3v) is 4.41. The van der Waals surface area contributed by atoms with Crippen molar-refractivity contribution in [2.45, 2.75) is 13.0 Å². The van der Waals surface area contributed by atoms with Gasteiger partial charge in [-0.15, -0.1) is 0 Å². The quantitative estimate of drug-likeness (QED) is 0.819. The van der Waals surface area contributed by atoms with Gasteiger partial charge in [0.15, 0.2) is 0 Å². The van der Waals surface area contributed by atoms with Crippen molar-refractivity contribution in [2.24, 2.45) is 0 Å². The number of urea groups is 1. The maximum Gasteiger partial charge on any atom is 0.317 e. The zero-order chi connectivity index (χ0) is 14.9. The van der Waals surface area contributed by atoms with Crippen molar-refractivity contribution >= 4 is 17.8 Å². The summed E-state index contributed by atoms with van der Waals surface area (Å²) >= 11 is 1.82. The van der Waals surface area contributed by atoms with Crippen molar-refractivity contribution in [1.29, 1.82) is 0 Å². The van der Waals surface area contributed by atoms with Crippen molar-refractivity contribution in [3.63, 3.8) is 0 Å². The normalized spacial score (nSPS) is 16.0. The Morgan fingerprint density at radius 2 is 1.90 bits per heavy atom. The van der Waals surface area contributed by atoms with Crippen molar-refractivity contribution in [3.05, 3.63) is 35.9 Å². The van der Waals surface area contributed by atoms with Gasteiger partial charge in [-0.1, -0.05) is 30.3 Å². The predicted octanol–water partition coefficient (Wildman–Crippen LogP) is 2.27. The smallest absolute Gasteiger partial charge is 0.317 e. The van der Waals surface area contributed by atoms with Crippen molar-refractivity contribution in [1.82, 2.24) is 15.1 Å². The molecular formula is C16H25N3OS. The molecule has 1 heterocycles. The number of benzene rings is 1. The lowest BCUT2D eigenvalue weighted by Gasteiger charge is -2.34. The molecule has 0 unspecified atom stereocenters. The van der Waals surface area contributed by atoms with Gasteiger partial charge >= 0.3 is 6.03 Å². The van der Waals surface area contributed by atoms with Crippen LogP contribution in [-0.2, 0) is 6.54 Å². The summed E-state index contributed by atoms with van der Waals surface area (Å²) in [6, 6.07) is 10.6. The molecule has 1 fully saturated rings. The van der Waals surface area contributed by atoms with E-state index >= 15 is 0 Å². The molecule has 2 rings (SSSR count). The Bertz CT molecular complexity index is 419. The van der Waals surface area contributed by atoms with E-state index in [0.717, 1.165) is 51.4 Å². The Morgan fingerprint density at radius 3 is 2.57 bits per heavy atom. The van der Waals surface area contributed by atoms with Crippen LogP contribution in [0.15, 0.2) is 30.3 Å². The number of amides is 2. The predicted molar refractivity (Wildman–Crippen MR) is 89.7 cm³/mol. The Labute approximate surface area is 131 Å². The minimum absolute atomic E-state index is 0.0930. The summed E-state index contributed by atoms with van der Waals surface area (Å²) in [7, 11) is 0. The SMILES string of the molecule is CSCCCNC(=O)N1CCN(Cc2ccccc2)CC1. The van der Waals surface area contributed by atoms with E-state index in [9.17, 15) is 4.79 Å². The molecule has 1 aromatic carbocycles. The monoisotopic (exact) mass is 307 g/mol. The van der Waals surface area contributed by atoms with Crippen LogP contribution in [0.3, 0.4) is 0 Å². The Kier molecular flexibility index (Phi) is 6.89. The number of piperazine rings is 1. The van der Waals surface area contributed by atoms with E-state index in [1.54, 1.807) is 0 Å². The molecule has 0 bridgehead atoms. The van der Waals surface area contributed by atoms with Crippen LogP contribution in [0, 0.1) is 0 Å². The fourth-order valence-electron chi connectivity index (χ4n) is 2.47. The largest absolute Gasteiger partial charge is 0.338 e. The highest BCUT2D eigenvalue weighted by molar-refractivity contribution is 7.98. The highest BCUT2D eigenvalue weighted by Crippen LogP contribution is 2.08. The summed E-state index contributed by atoms with van der Waals surface area (Å²) in [6.45, 7) is 5.30. The van der Waals surface area contributed by atoms with E-state index in [4.69, 9.17) is 0 Å². The van der Waals surface area contributed by atoms with Crippen molar-refractivity contribution < 1.29 is 4.79 Å². The molecule has 1 aliphatic heterocycles. The van der Waals surface area contributed by atoms with Crippen LogP contribution in [0.25, 0.3) is 0 Å². The van der Waals surface area contributed by atoms with Crippen LogP contribution in [0.1, 0.15) is 12.0 Å². The highest BCUT2D eigenvalue weighted by Gasteiger charge is 2.20. The summed E-state index contributed by atoms with van der Waals surface area (Å²) in [6.07, 6.45) is 3.13. The van der Waals surface area contributed by atoms with Crippen LogP contribution >= 0.6 is 11.8 Å². The molecule has 0 spiro atoms. The van der Waals surface area contributed by atoms with Gasteiger partial charge in [0.2, 0.25) is 0 Å². The maximum atomic E-state index is 12.0. The lowest BCUT2D eigenvalue weighted by molar-refractivity contribution is 0.135. The maximum absolute atomic E-state index is 12.0. The van der Waals surface area contributed by atoms with Gasteiger partial charge in [-0.05, 0) is 24.0 Å². The molecular weight excluding hydrogens is 282 g/mol. The van der Waals surface area contributed by atoms with Gasteiger partial charge in [0, 0.05) is 39.3 Å². The molecule has 116 valence electrons. The van der Waals surface area contributed by atoms with E-state index in [-0.39, 0.29) is 6.03 Å². The molecule has 5 heteroatoms. The number of carbonyl (C=O) groups is 1. The van der Waals surface area contributed by atoms with Crippen molar-refractivity contribution in [3.8, 4) is 0 Å². The van der Waals surface area contributed by atoms with Gasteiger partial charge in [0.1, 0.15) is 0 Å². The number of hydrogen-bond donors (Lipinski definition) is 1. The molecule has 2 amide bonds. The highest BCUT2D eigenvalue weighted by atomic mass is 32.2. The third-order valence-electron chi connectivity index (χ3n) is 3.71. The van der Waals surface area contributed by atoms with Gasteiger partial charge in [-0.2, -0.15) is 11.8 Å². The summed E-state index contributed by atoms with van der Waals surface area (Å²) < 4.78 is 0. The topological polar surface area (TPSA) is 35.6 Å². The molecule has 1 N–H and O–H groups in total. The summed E-state index contributed by atoms with van der Waals surface area (Å²) in [5.41, 5.74) is 1.34. The lowest BCUT2D eigenvalue weighted by Crippen LogP contribution is -2.51. The first kappa shape index (κ1) is 16.2. The number of nitrogens with zero attached hydrogens (tertiary/aromatic N) is 2. The Balaban J connectivity index is 1.67. The first-order valence-corrected chi connectivity index (χ1v) is 8.97. The fourth-order valence-corrected chi connectivity index (χ4v) is 2.91. The average Bonchev–Trinajstić information content (AvgIpc) is 2.53. The van der Waals surface area contributed by atoms with Crippen LogP contribution in [0.5, 0.6) is 0 Å². The minimum Gasteiger partial charge on any atom is -0.338 e. The van der Waals surface area contributed by atoms with E-state index in [0.29, 0.717) is 0 Å². The van der Waals surface area contributed by atoms with Crippen molar-refractivity contribution in [2.75, 3.05) is 44.7 Å². The second-order valence-electron chi connectivity index (χ2n) is 5.33. The number of nitrogens with one attached hydrogen (secondary N) is 1. The van der Waals surface area contributed by atoms with E-state index in [1.807, 2.05) is 22.7 Å². The summed E-state index contributed by atoms with van der Waals surface area (Å²) in [4.78, 5) is 16.4. The lowest BCUT2D eigenvalue weighted by atomic mass is 10.2. The Morgan fingerprint density at radius 1 is 1.19 bits per heavy atom. The van der Waals surface area contributed by atoms with Crippen LogP contribution < -0.4 is 5.32 Å². The number of rotatable bonds is 6. The van der Waals surface area contributed by atoms with Gasteiger partial charge in [-0.3, -0.25) is 4.90 Å². The van der Waals surface area contributed by atoms with Crippen LogP contribution in [0.2, 0.25) is 0 Å². The van der Waals surface area contributed by atoms with Gasteiger partial charge in [-0.25, -0.2) is 4.79 Å². The summed E-state index contributed by atoms with van der Waals surface area (Å²) in [5.74, 6) is 1.10. The second kappa shape index (κ2) is 8.95. The van der Waals surface area contributed by atoms with E-state index < -0.39 is 0 Å². The average molecular weight is 307 g/mol. The van der Waals surface area contributed by atoms with Gasteiger partial charge in [0.25, 0.3) is 0 Å². The third kappa shape index (κ3) is 5.59. The standard InChI is InChI=1S/C16H25N3OS/c1-21-13-5-8-17-16(20)19-11-9-18(10-12-19)14-15-6-3-2-4-7-15/h2-4,6-7H,5,8-14H2,1H3,(H,17,20). The van der Waals surface area contributed by atoms with Crippen LogP contribution in [0.4, 0.5) is 4.79 Å². The fraction of sp³-hybridized carbons (Fsp3) is 0.562. The molecule has 0 radical (unpaired) electrons. The zero-order valence-electron chi connectivity index (χ0n) is 12.8. The zero-order valence-corrected chi connectivity index (χ0v) is 13.6. The number of carbonyl (C=O) groups excluding carboxylic acids is 1. The molecule has 4 nitrogen and oxygen atoms in total. The molecule has 0 saturated carbocycles. The second-order valence-corrected chi connectivity index (χ2v) is 6.31. The van der Waals surface area contributed by atoms with E-state index in [1.165, 1.54) is 5.56 Å². The van der Waals surface area contributed by atoms with Crippen LogP contribution in [-0.4, -0.2) is 60.6 Å². The molecule has 1 saturated heterocycles. The van der Waals surface area contributed by atoms with E-state index in [2.05, 4.69) is 40.7 Å². The first-order valence-electron chi connectivity index (χ1n) is 7.57. The number of hydrogen-bond acceptors (Lipinski definition) is 3.